The van der Waals surface area contributed by atoms with Crippen molar-refractivity contribution in [2.45, 2.75) is 97.8 Å². The Bertz CT molecular complexity index is 2260. The van der Waals surface area contributed by atoms with Gasteiger partial charge in [-0.1, -0.05) is 0 Å². The fourth-order valence-electron chi connectivity index (χ4n) is 7.32. The van der Waals surface area contributed by atoms with Crippen molar-refractivity contribution in [3.05, 3.63) is 63.7 Å². The highest BCUT2D eigenvalue weighted by molar-refractivity contribution is 5.97. The molecule has 4 N–H and O–H groups in total. The van der Waals surface area contributed by atoms with E-state index in [0.717, 1.165) is 13.0 Å². The number of rotatable bonds is 24. The predicted molar refractivity (Wildman–Crippen MR) is 280 cm³/mol. The number of halogens is 3. The summed E-state index contributed by atoms with van der Waals surface area (Å²) in [7, 11) is 0. The number of nitro benzene ring substituents is 1. The molecule has 0 unspecified atom stereocenters. The van der Waals surface area contributed by atoms with Crippen LogP contribution in [0.4, 0.5) is 24.5 Å². The highest BCUT2D eigenvalue weighted by Gasteiger charge is 2.39. The summed E-state index contributed by atoms with van der Waals surface area (Å²) < 4.78 is 73.6. The molecule has 438 valence electrons. The van der Waals surface area contributed by atoms with Crippen LogP contribution in [0.5, 0.6) is 5.75 Å². The van der Waals surface area contributed by atoms with Crippen LogP contribution >= 0.6 is 0 Å². The fraction of sp³-hybridized carbons (Fsp3) is 0.654. The van der Waals surface area contributed by atoms with Crippen molar-refractivity contribution in [1.82, 2.24) is 30.2 Å². The molecule has 0 spiro atoms. The summed E-state index contributed by atoms with van der Waals surface area (Å²) in [5.74, 6) is -2.87. The largest absolute Gasteiger partial charge is 0.490 e. The van der Waals surface area contributed by atoms with Gasteiger partial charge in [-0.15, -0.1) is 0 Å². The molecule has 0 saturated carbocycles. The normalized spacial score (nSPS) is 15.9. The van der Waals surface area contributed by atoms with E-state index in [1.807, 2.05) is 19.6 Å². The first-order valence-electron chi connectivity index (χ1n) is 25.6. The van der Waals surface area contributed by atoms with E-state index in [-0.39, 0.29) is 82.9 Å². The number of alkyl halides is 3. The molecule has 1 fully saturated rings. The molecule has 0 aromatic heterocycles. The molecule has 1 aliphatic heterocycles. The third-order valence-corrected chi connectivity index (χ3v) is 11.0. The molecule has 3 amide bonds. The molecule has 0 radical (unpaired) electrons. The molecule has 1 aliphatic rings. The lowest BCUT2D eigenvalue weighted by molar-refractivity contribution is -0.388. The first-order chi connectivity index (χ1) is 36.2. The molecule has 2 aromatic rings. The number of anilines is 1. The summed E-state index contributed by atoms with van der Waals surface area (Å²) in [4.78, 5) is 95.3. The lowest BCUT2D eigenvalue weighted by Crippen LogP contribution is -2.50. The first-order valence-corrected chi connectivity index (χ1v) is 25.6. The van der Waals surface area contributed by atoms with Crippen LogP contribution in [0.2, 0.25) is 0 Å². The van der Waals surface area contributed by atoms with E-state index in [0.29, 0.717) is 64.5 Å². The Balaban J connectivity index is 1.44. The number of nitrogens with zero attached hydrogens (tertiary/aromatic N) is 5. The van der Waals surface area contributed by atoms with Crippen molar-refractivity contribution in [3.63, 3.8) is 0 Å². The summed E-state index contributed by atoms with van der Waals surface area (Å²) in [5, 5.41) is 29.4. The minimum absolute atomic E-state index is 0.00359. The van der Waals surface area contributed by atoms with Crippen LogP contribution in [-0.2, 0) is 53.8 Å². The quantitative estimate of drug-likeness (QED) is 0.0385. The van der Waals surface area contributed by atoms with E-state index in [4.69, 9.17) is 28.4 Å². The van der Waals surface area contributed by atoms with E-state index in [1.165, 1.54) is 24.3 Å². The maximum absolute atomic E-state index is 13.4. The van der Waals surface area contributed by atoms with E-state index < -0.39 is 86.8 Å². The third-order valence-electron chi connectivity index (χ3n) is 11.0. The van der Waals surface area contributed by atoms with Crippen LogP contribution in [-0.4, -0.2) is 212 Å². The number of nitrogens with one attached hydrogen (secondary N) is 3. The van der Waals surface area contributed by atoms with Crippen LogP contribution in [0, 0.1) is 10.1 Å². The minimum Gasteiger partial charge on any atom is -0.490 e. The van der Waals surface area contributed by atoms with Gasteiger partial charge in [0.05, 0.1) is 57.5 Å². The second-order valence-corrected chi connectivity index (χ2v) is 21.7. The zero-order valence-electron chi connectivity index (χ0n) is 46.5. The lowest BCUT2D eigenvalue weighted by atomic mass is 10.1. The van der Waals surface area contributed by atoms with Crippen LogP contribution < -0.4 is 20.7 Å². The van der Waals surface area contributed by atoms with Crippen LogP contribution in [0.15, 0.2) is 42.5 Å². The van der Waals surface area contributed by atoms with Crippen LogP contribution in [0.3, 0.4) is 0 Å². The number of ether oxygens (including phenoxy) is 6. The fourth-order valence-corrected chi connectivity index (χ4v) is 7.32. The van der Waals surface area contributed by atoms with Gasteiger partial charge in [0.2, 0.25) is 5.91 Å². The van der Waals surface area contributed by atoms with Gasteiger partial charge in [0.25, 0.3) is 17.5 Å². The molecular formula is C52H79F3N8O15. The summed E-state index contributed by atoms with van der Waals surface area (Å²) in [6.45, 7) is 20.9. The summed E-state index contributed by atoms with van der Waals surface area (Å²) in [6.07, 6.45) is -5.08. The number of nitro groups is 1. The van der Waals surface area contributed by atoms with Crippen LogP contribution in [0.25, 0.3) is 0 Å². The number of hydrogen-bond donors (Lipinski definition) is 4. The maximum Gasteiger partial charge on any atom is 0.423 e. The zero-order valence-corrected chi connectivity index (χ0v) is 46.5. The molecule has 1 saturated heterocycles. The van der Waals surface area contributed by atoms with Gasteiger partial charge in [0.15, 0.2) is 5.60 Å². The standard InChI is InChI=1S/C52H79F3N8O15/c1-48(2,3)76-43(65)33-60-21-19-59(20-22-61(34-44(66)77-49(4,5)6)24-26-62(25-23-60)35-45(67)78-50(7,8)9)32-42(64)56-17-27-73-29-30-74-28-18-57-46(68)37-11-14-39(15-12-37)75-36-51(10,70)47(69)58-38-13-16-41(63(71)72)40(31-38)52(53,54)55/h11-16,31,70H,17-30,32-36H2,1-10H3,(H,56,64)(H,57,68)(H,58,69)/t51-/m0/s1. The van der Waals surface area contributed by atoms with Gasteiger partial charge in [-0.3, -0.25) is 58.5 Å². The van der Waals surface area contributed by atoms with Gasteiger partial charge in [-0.2, -0.15) is 13.2 Å². The highest BCUT2D eigenvalue weighted by atomic mass is 19.4. The molecule has 1 heterocycles. The number of aliphatic hydroxyl groups is 1. The van der Waals surface area contributed by atoms with Gasteiger partial charge in [0.1, 0.15) is 34.7 Å². The summed E-state index contributed by atoms with van der Waals surface area (Å²) in [6, 6.07) is 7.55. The predicted octanol–water partition coefficient (Wildman–Crippen LogP) is 3.51. The molecule has 78 heavy (non-hydrogen) atoms. The molecule has 23 nitrogen and oxygen atoms in total. The van der Waals surface area contributed by atoms with Crippen molar-refractivity contribution in [3.8, 4) is 5.75 Å². The molecule has 0 bridgehead atoms. The van der Waals surface area contributed by atoms with Crippen molar-refractivity contribution in [1.29, 1.82) is 0 Å². The summed E-state index contributed by atoms with van der Waals surface area (Å²) >= 11 is 0. The first kappa shape index (κ1) is 66.3. The number of carbonyl (C=O) groups is 6. The van der Waals surface area contributed by atoms with Gasteiger partial charge >= 0.3 is 24.1 Å². The minimum atomic E-state index is -5.08. The number of amides is 3. The molecule has 2 aromatic carbocycles. The van der Waals surface area contributed by atoms with Gasteiger partial charge < -0.3 is 49.5 Å². The van der Waals surface area contributed by atoms with Gasteiger partial charge in [-0.25, -0.2) is 0 Å². The second-order valence-electron chi connectivity index (χ2n) is 21.7. The summed E-state index contributed by atoms with van der Waals surface area (Å²) in [5.41, 5.74) is -7.27. The third kappa shape index (κ3) is 27.0. The molecule has 1 atom stereocenters. The molecular weight excluding hydrogens is 1030 g/mol. The monoisotopic (exact) mass is 1110 g/mol. The van der Waals surface area contributed by atoms with Crippen molar-refractivity contribution in [2.24, 2.45) is 0 Å². The lowest BCUT2D eigenvalue weighted by Gasteiger charge is -2.34. The second kappa shape index (κ2) is 30.4. The molecule has 26 heteroatoms. The van der Waals surface area contributed by atoms with E-state index in [1.54, 1.807) is 62.3 Å². The Hall–Kier alpha value is -6.03. The number of carbonyl (C=O) groups excluding carboxylic acids is 6. The van der Waals surface area contributed by atoms with E-state index >= 15 is 0 Å². The molecule has 3 rings (SSSR count). The molecule has 0 aliphatic carbocycles. The smallest absolute Gasteiger partial charge is 0.423 e. The number of benzene rings is 2. The number of hydrogen-bond acceptors (Lipinski definition) is 19. The van der Waals surface area contributed by atoms with E-state index in [9.17, 15) is 57.2 Å². The Morgan fingerprint density at radius 1 is 0.603 bits per heavy atom. The van der Waals surface area contributed by atoms with Gasteiger partial charge in [0, 0.05) is 82.8 Å². The average Bonchev–Trinajstić information content (AvgIpc) is 3.30. The van der Waals surface area contributed by atoms with E-state index in [2.05, 4.69) is 16.0 Å². The topological polar surface area (TPSA) is 270 Å². The Kier molecular flexibility index (Phi) is 25.8. The van der Waals surface area contributed by atoms with Crippen molar-refractivity contribution in [2.75, 3.05) is 130 Å². The average molecular weight is 1110 g/mol. The Morgan fingerprint density at radius 3 is 1.41 bits per heavy atom. The zero-order chi connectivity index (χ0) is 58.5. The Labute approximate surface area is 453 Å². The van der Waals surface area contributed by atoms with Gasteiger partial charge in [-0.05, 0) is 106 Å². The van der Waals surface area contributed by atoms with Crippen LogP contribution in [0.1, 0.15) is 85.2 Å². The van der Waals surface area contributed by atoms with Crippen molar-refractivity contribution >= 4 is 47.0 Å². The van der Waals surface area contributed by atoms with Crippen molar-refractivity contribution < 1.29 is 80.4 Å². The maximum atomic E-state index is 13.4. The highest BCUT2D eigenvalue weighted by Crippen LogP contribution is 2.37. The SMILES string of the molecule is CC(C)(C)OC(=O)CN1CCN(CC(=O)NCCOCCOCCNC(=O)c2ccc(OC[C@](C)(O)C(=O)Nc3ccc([N+](=O)[O-])c(C(F)(F)F)c3)cc2)CCN(CC(=O)OC(C)(C)C)CCN(CC(=O)OC(C)(C)C)CC1. The Morgan fingerprint density at radius 2 is 1.01 bits per heavy atom. The number of esters is 3.